The largest absolute Gasteiger partial charge is 0.497 e. The number of hydrogen-bond acceptors (Lipinski definition) is 3. The molecule has 1 saturated heterocycles. The molecule has 0 aliphatic carbocycles. The standard InChI is InChI=1S/C18H30N2O/c1-14(2)19-12-16-7-6-10-20(13-16)15(3)17-8-5-9-18(11-17)21-4/h5,8-9,11,14-16,19H,6-7,10,12-13H2,1-4H3. The molecule has 2 atom stereocenters. The minimum atomic E-state index is 0.460. The molecule has 0 radical (unpaired) electrons. The first-order chi connectivity index (χ1) is 10.1. The quantitative estimate of drug-likeness (QED) is 0.868. The molecular formula is C18H30N2O. The summed E-state index contributed by atoms with van der Waals surface area (Å²) >= 11 is 0. The SMILES string of the molecule is COc1cccc(C(C)N2CCCC(CNC(C)C)C2)c1. The summed E-state index contributed by atoms with van der Waals surface area (Å²) in [7, 11) is 1.73. The van der Waals surface area contributed by atoms with E-state index in [-0.39, 0.29) is 0 Å². The topological polar surface area (TPSA) is 24.5 Å². The molecule has 2 unspecified atom stereocenters. The smallest absolute Gasteiger partial charge is 0.119 e. The zero-order chi connectivity index (χ0) is 15.2. The maximum atomic E-state index is 5.35. The Morgan fingerprint density at radius 3 is 2.86 bits per heavy atom. The van der Waals surface area contributed by atoms with E-state index >= 15 is 0 Å². The van der Waals surface area contributed by atoms with Gasteiger partial charge in [0.05, 0.1) is 7.11 Å². The lowest BCUT2D eigenvalue weighted by Gasteiger charge is -2.37. The van der Waals surface area contributed by atoms with Crippen LogP contribution in [-0.2, 0) is 0 Å². The Balaban J connectivity index is 1.96. The summed E-state index contributed by atoms with van der Waals surface area (Å²) in [6.45, 7) is 10.3. The van der Waals surface area contributed by atoms with Crippen LogP contribution in [0.4, 0.5) is 0 Å². The van der Waals surface area contributed by atoms with Gasteiger partial charge in [0.25, 0.3) is 0 Å². The van der Waals surface area contributed by atoms with Gasteiger partial charge in [-0.15, -0.1) is 0 Å². The molecule has 1 aromatic rings. The average molecular weight is 290 g/mol. The predicted molar refractivity (Wildman–Crippen MR) is 88.8 cm³/mol. The lowest BCUT2D eigenvalue weighted by molar-refractivity contribution is 0.129. The first-order valence-electron chi connectivity index (χ1n) is 8.21. The van der Waals surface area contributed by atoms with Crippen molar-refractivity contribution in [2.24, 2.45) is 5.92 Å². The van der Waals surface area contributed by atoms with E-state index in [4.69, 9.17) is 4.74 Å². The Morgan fingerprint density at radius 1 is 1.33 bits per heavy atom. The minimum absolute atomic E-state index is 0.460. The molecule has 0 amide bonds. The van der Waals surface area contributed by atoms with Gasteiger partial charge >= 0.3 is 0 Å². The molecule has 0 spiro atoms. The molecule has 1 aromatic carbocycles. The second kappa shape index (κ2) is 7.81. The molecule has 0 saturated carbocycles. The van der Waals surface area contributed by atoms with E-state index in [1.807, 2.05) is 6.07 Å². The van der Waals surface area contributed by atoms with Crippen LogP contribution in [0, 0.1) is 5.92 Å². The zero-order valence-corrected chi connectivity index (χ0v) is 13.9. The van der Waals surface area contributed by atoms with Crippen LogP contribution < -0.4 is 10.1 Å². The van der Waals surface area contributed by atoms with Crippen molar-refractivity contribution in [1.29, 1.82) is 0 Å². The fourth-order valence-electron chi connectivity index (χ4n) is 3.13. The molecule has 1 aliphatic heterocycles. The van der Waals surface area contributed by atoms with Gasteiger partial charge in [-0.1, -0.05) is 26.0 Å². The van der Waals surface area contributed by atoms with E-state index in [9.17, 15) is 0 Å². The minimum Gasteiger partial charge on any atom is -0.497 e. The predicted octanol–water partition coefficient (Wildman–Crippen LogP) is 3.47. The Hall–Kier alpha value is -1.06. The van der Waals surface area contributed by atoms with Crippen LogP contribution in [0.3, 0.4) is 0 Å². The molecular weight excluding hydrogens is 260 g/mol. The lowest BCUT2D eigenvalue weighted by atomic mass is 9.95. The molecule has 3 heteroatoms. The number of methoxy groups -OCH3 is 1. The highest BCUT2D eigenvalue weighted by Crippen LogP contribution is 2.28. The van der Waals surface area contributed by atoms with Crippen molar-refractivity contribution in [3.05, 3.63) is 29.8 Å². The molecule has 1 fully saturated rings. The highest BCUT2D eigenvalue weighted by atomic mass is 16.5. The highest BCUT2D eigenvalue weighted by molar-refractivity contribution is 5.30. The van der Waals surface area contributed by atoms with Gasteiger partial charge < -0.3 is 10.1 Å². The van der Waals surface area contributed by atoms with E-state index < -0.39 is 0 Å². The molecule has 3 nitrogen and oxygen atoms in total. The fraction of sp³-hybridized carbons (Fsp3) is 0.667. The van der Waals surface area contributed by atoms with Gasteiger partial charge in [0.15, 0.2) is 0 Å². The Kier molecular flexibility index (Phi) is 6.07. The van der Waals surface area contributed by atoms with Crippen LogP contribution in [0.2, 0.25) is 0 Å². The fourth-order valence-corrected chi connectivity index (χ4v) is 3.13. The summed E-state index contributed by atoms with van der Waals surface area (Å²) in [5.74, 6) is 1.73. The summed E-state index contributed by atoms with van der Waals surface area (Å²) < 4.78 is 5.35. The van der Waals surface area contributed by atoms with E-state index in [0.29, 0.717) is 12.1 Å². The van der Waals surface area contributed by atoms with Crippen LogP contribution in [0.1, 0.15) is 45.2 Å². The average Bonchev–Trinajstić information content (AvgIpc) is 2.52. The van der Waals surface area contributed by atoms with Crippen molar-refractivity contribution < 1.29 is 4.74 Å². The molecule has 21 heavy (non-hydrogen) atoms. The van der Waals surface area contributed by atoms with Gasteiger partial charge in [-0.3, -0.25) is 4.90 Å². The van der Waals surface area contributed by atoms with Crippen molar-refractivity contribution in [1.82, 2.24) is 10.2 Å². The zero-order valence-electron chi connectivity index (χ0n) is 13.9. The number of ether oxygens (including phenoxy) is 1. The molecule has 118 valence electrons. The van der Waals surface area contributed by atoms with Crippen molar-refractivity contribution in [2.45, 2.75) is 45.7 Å². The van der Waals surface area contributed by atoms with Crippen LogP contribution in [0.25, 0.3) is 0 Å². The van der Waals surface area contributed by atoms with Gasteiger partial charge in [-0.25, -0.2) is 0 Å². The van der Waals surface area contributed by atoms with Gasteiger partial charge in [0.1, 0.15) is 5.75 Å². The summed E-state index contributed by atoms with van der Waals surface area (Å²) in [5, 5.41) is 3.59. The first kappa shape index (κ1) is 16.3. The van der Waals surface area contributed by atoms with Gasteiger partial charge in [-0.05, 0) is 56.5 Å². The second-order valence-electron chi connectivity index (χ2n) is 6.52. The summed E-state index contributed by atoms with van der Waals surface area (Å²) in [6, 6.07) is 9.52. The van der Waals surface area contributed by atoms with Crippen molar-refractivity contribution in [2.75, 3.05) is 26.7 Å². The van der Waals surface area contributed by atoms with E-state index in [0.717, 1.165) is 18.2 Å². The van der Waals surface area contributed by atoms with Crippen molar-refractivity contribution >= 4 is 0 Å². The van der Waals surface area contributed by atoms with Crippen LogP contribution in [0.15, 0.2) is 24.3 Å². The molecule has 0 aromatic heterocycles. The summed E-state index contributed by atoms with van der Waals surface area (Å²) in [6.07, 6.45) is 2.65. The number of nitrogens with zero attached hydrogens (tertiary/aromatic N) is 1. The number of piperidine rings is 1. The molecule has 1 N–H and O–H groups in total. The van der Waals surface area contributed by atoms with Gasteiger partial charge in [0, 0.05) is 18.6 Å². The van der Waals surface area contributed by atoms with Crippen molar-refractivity contribution in [3.63, 3.8) is 0 Å². The second-order valence-corrected chi connectivity index (χ2v) is 6.52. The summed E-state index contributed by atoms with van der Waals surface area (Å²) in [5.41, 5.74) is 1.35. The summed E-state index contributed by atoms with van der Waals surface area (Å²) in [4.78, 5) is 2.62. The Bertz CT molecular complexity index is 433. The molecule has 1 aliphatic rings. The van der Waals surface area contributed by atoms with Gasteiger partial charge in [0.2, 0.25) is 0 Å². The van der Waals surface area contributed by atoms with Crippen molar-refractivity contribution in [3.8, 4) is 5.75 Å². The van der Waals surface area contributed by atoms with Crippen LogP contribution in [-0.4, -0.2) is 37.7 Å². The molecule has 0 bridgehead atoms. The number of rotatable bonds is 6. The molecule has 2 rings (SSSR count). The Labute approximate surface area is 129 Å². The highest BCUT2D eigenvalue weighted by Gasteiger charge is 2.24. The normalized spacial score (nSPS) is 21.5. The van der Waals surface area contributed by atoms with Crippen LogP contribution in [0.5, 0.6) is 5.75 Å². The third kappa shape index (κ3) is 4.72. The monoisotopic (exact) mass is 290 g/mol. The maximum Gasteiger partial charge on any atom is 0.119 e. The van der Waals surface area contributed by atoms with E-state index in [1.165, 1.54) is 31.5 Å². The lowest BCUT2D eigenvalue weighted by Crippen LogP contribution is -2.41. The maximum absolute atomic E-state index is 5.35. The van der Waals surface area contributed by atoms with E-state index in [2.05, 4.69) is 49.2 Å². The third-order valence-corrected chi connectivity index (χ3v) is 4.49. The van der Waals surface area contributed by atoms with Crippen LogP contribution >= 0.6 is 0 Å². The first-order valence-corrected chi connectivity index (χ1v) is 8.21. The van der Waals surface area contributed by atoms with Gasteiger partial charge in [-0.2, -0.15) is 0 Å². The Morgan fingerprint density at radius 2 is 2.14 bits per heavy atom. The number of nitrogens with one attached hydrogen (secondary N) is 1. The number of hydrogen-bond donors (Lipinski definition) is 1. The third-order valence-electron chi connectivity index (χ3n) is 4.49. The number of benzene rings is 1. The van der Waals surface area contributed by atoms with E-state index in [1.54, 1.807) is 7.11 Å². The number of likely N-dealkylation sites (tertiary alicyclic amines) is 1. The molecule has 1 heterocycles.